The smallest absolute Gasteiger partial charge is 0.243 e. The van der Waals surface area contributed by atoms with Crippen molar-refractivity contribution in [2.45, 2.75) is 24.8 Å². The summed E-state index contributed by atoms with van der Waals surface area (Å²) in [7, 11) is -3.62. The van der Waals surface area contributed by atoms with Crippen molar-refractivity contribution in [1.82, 2.24) is 14.3 Å². The topological polar surface area (TPSA) is 89.2 Å². The Morgan fingerprint density at radius 3 is 2.91 bits per heavy atom. The molecule has 2 N–H and O–H groups in total. The van der Waals surface area contributed by atoms with Crippen LogP contribution in [-0.2, 0) is 23.0 Å². The van der Waals surface area contributed by atoms with Crippen LogP contribution in [0.15, 0.2) is 29.3 Å². The fourth-order valence-electron chi connectivity index (χ4n) is 2.49. The summed E-state index contributed by atoms with van der Waals surface area (Å²) in [6.45, 7) is 2.33. The second kappa shape index (κ2) is 5.49. The van der Waals surface area contributed by atoms with E-state index in [9.17, 15) is 8.42 Å². The van der Waals surface area contributed by atoms with Gasteiger partial charge in [0.2, 0.25) is 16.0 Å². The summed E-state index contributed by atoms with van der Waals surface area (Å²) in [5.74, 6) is 0.150. The number of halogens is 1. The number of aromatic nitrogens is 2. The average molecular weight is 339 g/mol. The lowest BCUT2D eigenvalue weighted by atomic mass is 10.1. The molecule has 1 aromatic carbocycles. The van der Waals surface area contributed by atoms with Crippen LogP contribution < -0.4 is 5.73 Å². The standard InChI is InChI=1S/C14H15ClN4O2S/c1-9-2-3-11(15)6-13(9)22(20,21)19-5-4-10-7-17-14(16)18-12(10)8-19/h2-3,6-7H,4-5,8H2,1H3,(H2,16,17,18). The van der Waals surface area contributed by atoms with Gasteiger partial charge in [-0.05, 0) is 36.6 Å². The highest BCUT2D eigenvalue weighted by atomic mass is 35.5. The SMILES string of the molecule is Cc1ccc(Cl)cc1S(=O)(=O)N1CCc2cnc(N)nc2C1. The predicted molar refractivity (Wildman–Crippen MR) is 83.9 cm³/mol. The molecule has 6 nitrogen and oxygen atoms in total. The van der Waals surface area contributed by atoms with Gasteiger partial charge in [-0.25, -0.2) is 18.4 Å². The number of nitrogen functional groups attached to an aromatic ring is 1. The van der Waals surface area contributed by atoms with Gasteiger partial charge < -0.3 is 5.73 Å². The predicted octanol–water partition coefficient (Wildman–Crippen LogP) is 1.77. The van der Waals surface area contributed by atoms with E-state index >= 15 is 0 Å². The Morgan fingerprint density at radius 1 is 1.36 bits per heavy atom. The zero-order valence-electron chi connectivity index (χ0n) is 12.0. The first-order valence-corrected chi connectivity index (χ1v) is 8.56. The van der Waals surface area contributed by atoms with Gasteiger partial charge in [0.05, 0.1) is 17.1 Å². The molecule has 0 unspecified atom stereocenters. The lowest BCUT2D eigenvalue weighted by Crippen LogP contribution is -2.37. The molecule has 0 bridgehead atoms. The van der Waals surface area contributed by atoms with Crippen molar-refractivity contribution < 1.29 is 8.42 Å². The van der Waals surface area contributed by atoms with Gasteiger partial charge in [0.25, 0.3) is 0 Å². The van der Waals surface area contributed by atoms with E-state index in [1.54, 1.807) is 25.3 Å². The number of nitrogens with two attached hydrogens (primary N) is 1. The molecular weight excluding hydrogens is 324 g/mol. The second-order valence-electron chi connectivity index (χ2n) is 5.20. The van der Waals surface area contributed by atoms with Crippen LogP contribution in [0.4, 0.5) is 5.95 Å². The monoisotopic (exact) mass is 338 g/mol. The highest BCUT2D eigenvalue weighted by Crippen LogP contribution is 2.27. The molecule has 1 aliphatic heterocycles. The molecule has 0 saturated carbocycles. The number of hydrogen-bond donors (Lipinski definition) is 1. The van der Waals surface area contributed by atoms with E-state index in [1.807, 2.05) is 0 Å². The zero-order chi connectivity index (χ0) is 15.9. The van der Waals surface area contributed by atoms with Gasteiger partial charge in [0, 0.05) is 17.8 Å². The molecule has 2 heterocycles. The minimum atomic E-state index is -3.62. The Balaban J connectivity index is 1.99. The number of aryl methyl sites for hydroxylation is 1. The summed E-state index contributed by atoms with van der Waals surface area (Å²) in [4.78, 5) is 8.32. The van der Waals surface area contributed by atoms with Gasteiger partial charge in [-0.1, -0.05) is 17.7 Å². The molecule has 2 aromatic rings. The Bertz CT molecular complexity index is 839. The molecule has 1 aliphatic rings. The van der Waals surface area contributed by atoms with Crippen molar-refractivity contribution in [1.29, 1.82) is 0 Å². The highest BCUT2D eigenvalue weighted by molar-refractivity contribution is 7.89. The molecule has 0 radical (unpaired) electrons. The molecule has 0 atom stereocenters. The first-order valence-electron chi connectivity index (χ1n) is 6.74. The molecule has 0 aliphatic carbocycles. The van der Waals surface area contributed by atoms with Crippen molar-refractivity contribution in [3.05, 3.63) is 46.2 Å². The van der Waals surface area contributed by atoms with Crippen LogP contribution in [0.1, 0.15) is 16.8 Å². The van der Waals surface area contributed by atoms with E-state index in [1.165, 1.54) is 10.4 Å². The van der Waals surface area contributed by atoms with Crippen molar-refractivity contribution >= 4 is 27.6 Å². The molecule has 0 spiro atoms. The van der Waals surface area contributed by atoms with Crippen LogP contribution in [0.25, 0.3) is 0 Å². The van der Waals surface area contributed by atoms with Crippen molar-refractivity contribution in [3.63, 3.8) is 0 Å². The Labute approximate surface area is 134 Å². The van der Waals surface area contributed by atoms with Crippen molar-refractivity contribution in [3.8, 4) is 0 Å². The fraction of sp³-hybridized carbons (Fsp3) is 0.286. The van der Waals surface area contributed by atoms with Crippen LogP contribution in [0, 0.1) is 6.92 Å². The number of hydrogen-bond acceptors (Lipinski definition) is 5. The van der Waals surface area contributed by atoms with Crippen LogP contribution in [-0.4, -0.2) is 29.2 Å². The van der Waals surface area contributed by atoms with Gasteiger partial charge >= 0.3 is 0 Å². The van der Waals surface area contributed by atoms with Gasteiger partial charge in [-0.15, -0.1) is 0 Å². The summed E-state index contributed by atoms with van der Waals surface area (Å²) in [5, 5.41) is 0.396. The van der Waals surface area contributed by atoms with E-state index in [2.05, 4.69) is 9.97 Å². The summed E-state index contributed by atoms with van der Waals surface area (Å²) in [5.41, 5.74) is 7.84. The Kier molecular flexibility index (Phi) is 3.80. The van der Waals surface area contributed by atoms with Crippen molar-refractivity contribution in [2.24, 2.45) is 0 Å². The van der Waals surface area contributed by atoms with Crippen LogP contribution in [0.3, 0.4) is 0 Å². The van der Waals surface area contributed by atoms with Crippen LogP contribution >= 0.6 is 11.6 Å². The third-order valence-electron chi connectivity index (χ3n) is 3.70. The first kappa shape index (κ1) is 15.2. The highest BCUT2D eigenvalue weighted by Gasteiger charge is 2.30. The molecule has 22 heavy (non-hydrogen) atoms. The molecule has 116 valence electrons. The Hall–Kier alpha value is -1.70. The molecule has 0 fully saturated rings. The van der Waals surface area contributed by atoms with E-state index < -0.39 is 10.0 Å². The summed E-state index contributed by atoms with van der Waals surface area (Å²) in [6, 6.07) is 4.86. The maximum absolute atomic E-state index is 12.8. The van der Waals surface area contributed by atoms with E-state index in [0.29, 0.717) is 29.2 Å². The van der Waals surface area contributed by atoms with Gasteiger partial charge in [-0.2, -0.15) is 4.31 Å². The van der Waals surface area contributed by atoms with Gasteiger partial charge in [0.1, 0.15) is 0 Å². The average Bonchev–Trinajstić information content (AvgIpc) is 2.48. The largest absolute Gasteiger partial charge is 0.368 e. The minimum absolute atomic E-state index is 0.150. The summed E-state index contributed by atoms with van der Waals surface area (Å²) in [6.07, 6.45) is 2.22. The maximum atomic E-state index is 12.8. The number of fused-ring (bicyclic) bond motifs is 1. The number of nitrogens with zero attached hydrogens (tertiary/aromatic N) is 3. The Morgan fingerprint density at radius 2 is 2.14 bits per heavy atom. The molecular formula is C14H15ClN4O2S. The molecule has 0 saturated heterocycles. The number of benzene rings is 1. The number of sulfonamides is 1. The zero-order valence-corrected chi connectivity index (χ0v) is 13.5. The third-order valence-corrected chi connectivity index (χ3v) is 5.92. The minimum Gasteiger partial charge on any atom is -0.368 e. The van der Waals surface area contributed by atoms with Crippen LogP contribution in [0.2, 0.25) is 5.02 Å². The van der Waals surface area contributed by atoms with E-state index in [4.69, 9.17) is 17.3 Å². The number of rotatable bonds is 2. The molecule has 1 aromatic heterocycles. The molecule has 0 amide bonds. The first-order chi connectivity index (χ1) is 10.4. The lowest BCUT2D eigenvalue weighted by molar-refractivity contribution is 0.384. The third kappa shape index (κ3) is 2.67. The summed E-state index contributed by atoms with van der Waals surface area (Å²) >= 11 is 5.94. The van der Waals surface area contributed by atoms with Crippen LogP contribution in [0.5, 0.6) is 0 Å². The van der Waals surface area contributed by atoms with Gasteiger partial charge in [-0.3, -0.25) is 0 Å². The normalized spacial score (nSPS) is 15.5. The molecule has 8 heteroatoms. The van der Waals surface area contributed by atoms with Crippen molar-refractivity contribution in [2.75, 3.05) is 12.3 Å². The summed E-state index contributed by atoms with van der Waals surface area (Å²) < 4.78 is 27.1. The maximum Gasteiger partial charge on any atom is 0.243 e. The van der Waals surface area contributed by atoms with Gasteiger partial charge in [0.15, 0.2) is 0 Å². The fourth-order valence-corrected chi connectivity index (χ4v) is 4.38. The van der Waals surface area contributed by atoms with E-state index in [-0.39, 0.29) is 17.4 Å². The lowest BCUT2D eigenvalue weighted by Gasteiger charge is -2.27. The quantitative estimate of drug-likeness (QED) is 0.901. The number of anilines is 1. The van der Waals surface area contributed by atoms with E-state index in [0.717, 1.165) is 5.56 Å². The molecule has 3 rings (SSSR count). The second-order valence-corrected chi connectivity index (χ2v) is 7.54.